The lowest BCUT2D eigenvalue weighted by Crippen LogP contribution is -1.70. The van der Waals surface area contributed by atoms with Crippen LogP contribution in [-0.4, -0.2) is 0 Å². The number of hydrogen-bond donors (Lipinski definition) is 0. The van der Waals surface area contributed by atoms with Crippen LogP contribution in [0.4, 0.5) is 4.39 Å². The summed E-state index contributed by atoms with van der Waals surface area (Å²) < 4.78 is 15.0. The van der Waals surface area contributed by atoms with Gasteiger partial charge in [-0.3, -0.25) is 0 Å². The molecule has 1 aromatic heterocycles. The van der Waals surface area contributed by atoms with Crippen LogP contribution < -0.4 is 0 Å². The van der Waals surface area contributed by atoms with Gasteiger partial charge in [-0.05, 0) is 41.1 Å². The van der Waals surface area contributed by atoms with E-state index in [1.165, 1.54) is 10.9 Å². The number of hydrogen-bond acceptors (Lipinski definition) is 1. The van der Waals surface area contributed by atoms with Crippen molar-refractivity contribution in [2.24, 2.45) is 0 Å². The number of aryl methyl sites for hydroxylation is 1. The van der Waals surface area contributed by atoms with Crippen LogP contribution in [0, 0.1) is 12.7 Å². The second kappa shape index (κ2) is 2.82. The lowest BCUT2D eigenvalue weighted by molar-refractivity contribution is 0.630. The Balaban J connectivity index is 2.88. The zero-order valence-electron chi connectivity index (χ0n) is 6.40. The minimum absolute atomic E-state index is 0.180. The summed E-state index contributed by atoms with van der Waals surface area (Å²) in [4.78, 5) is 1.19. The van der Waals surface area contributed by atoms with Gasteiger partial charge in [-0.25, -0.2) is 4.39 Å². The van der Waals surface area contributed by atoms with Gasteiger partial charge in [0.05, 0.1) is 0 Å². The van der Waals surface area contributed by atoms with E-state index in [0.29, 0.717) is 0 Å². The standard InChI is InChI=1S/C9H6BrFS/c1-5-9(10)7-4-6(11)2-3-8(7)12-5/h2-4H,1H3. The normalized spacial score (nSPS) is 10.9. The topological polar surface area (TPSA) is 0 Å². The molecule has 0 bridgehead atoms. The first kappa shape index (κ1) is 8.20. The molecule has 0 amide bonds. The molecule has 0 saturated carbocycles. The maximum absolute atomic E-state index is 12.8. The number of fused-ring (bicyclic) bond motifs is 1. The van der Waals surface area contributed by atoms with E-state index in [1.54, 1.807) is 17.4 Å². The molecular weight excluding hydrogens is 239 g/mol. The van der Waals surface area contributed by atoms with Gasteiger partial charge in [-0.2, -0.15) is 0 Å². The Morgan fingerprint density at radius 1 is 1.42 bits per heavy atom. The Kier molecular flexibility index (Phi) is 1.93. The van der Waals surface area contributed by atoms with Gasteiger partial charge >= 0.3 is 0 Å². The van der Waals surface area contributed by atoms with Crippen molar-refractivity contribution in [1.82, 2.24) is 0 Å². The predicted octanol–water partition coefficient (Wildman–Crippen LogP) is 4.11. The Hall–Kier alpha value is -0.410. The van der Waals surface area contributed by atoms with Gasteiger partial charge in [0, 0.05) is 19.4 Å². The lowest BCUT2D eigenvalue weighted by Gasteiger charge is -1.89. The Morgan fingerprint density at radius 2 is 2.17 bits per heavy atom. The molecule has 0 unspecified atom stereocenters. The van der Waals surface area contributed by atoms with Gasteiger partial charge in [0.1, 0.15) is 5.82 Å². The van der Waals surface area contributed by atoms with Crippen molar-refractivity contribution in [3.8, 4) is 0 Å². The molecule has 0 N–H and O–H groups in total. The minimum Gasteiger partial charge on any atom is -0.207 e. The lowest BCUT2D eigenvalue weighted by atomic mass is 10.2. The van der Waals surface area contributed by atoms with E-state index >= 15 is 0 Å². The highest BCUT2D eigenvalue weighted by Crippen LogP contribution is 2.34. The first-order valence-electron chi connectivity index (χ1n) is 3.52. The SMILES string of the molecule is Cc1sc2ccc(F)cc2c1Br. The molecule has 0 fully saturated rings. The Morgan fingerprint density at radius 3 is 2.92 bits per heavy atom. The largest absolute Gasteiger partial charge is 0.207 e. The summed E-state index contributed by atoms with van der Waals surface area (Å²) in [6, 6.07) is 4.86. The van der Waals surface area contributed by atoms with Crippen LogP contribution >= 0.6 is 27.3 Å². The number of halogens is 2. The summed E-state index contributed by atoms with van der Waals surface area (Å²) >= 11 is 5.10. The average Bonchev–Trinajstić information content (AvgIpc) is 2.31. The molecule has 0 atom stereocenters. The number of rotatable bonds is 0. The third-order valence-electron chi connectivity index (χ3n) is 1.75. The molecule has 0 saturated heterocycles. The molecule has 2 aromatic rings. The van der Waals surface area contributed by atoms with E-state index in [0.717, 1.165) is 14.6 Å². The number of thiophene rings is 1. The van der Waals surface area contributed by atoms with Crippen molar-refractivity contribution >= 4 is 37.4 Å². The molecule has 2 rings (SSSR count). The summed E-state index contributed by atoms with van der Waals surface area (Å²) in [6.07, 6.45) is 0. The van der Waals surface area contributed by atoms with Gasteiger partial charge < -0.3 is 0 Å². The zero-order valence-corrected chi connectivity index (χ0v) is 8.80. The molecule has 0 aliphatic heterocycles. The molecule has 3 heteroatoms. The van der Waals surface area contributed by atoms with Crippen molar-refractivity contribution in [1.29, 1.82) is 0 Å². The smallest absolute Gasteiger partial charge is 0.123 e. The zero-order chi connectivity index (χ0) is 8.72. The summed E-state index contributed by atoms with van der Waals surface area (Å²) in [5.74, 6) is -0.180. The van der Waals surface area contributed by atoms with Gasteiger partial charge in [0.15, 0.2) is 0 Å². The molecule has 1 aromatic carbocycles. The quantitative estimate of drug-likeness (QED) is 0.655. The molecule has 0 spiro atoms. The molecule has 1 heterocycles. The molecule has 0 aliphatic rings. The highest BCUT2D eigenvalue weighted by molar-refractivity contribution is 9.10. The summed E-state index contributed by atoms with van der Waals surface area (Å²) in [6.45, 7) is 2.02. The third-order valence-corrected chi connectivity index (χ3v) is 4.12. The second-order valence-electron chi connectivity index (χ2n) is 2.61. The van der Waals surface area contributed by atoms with Crippen molar-refractivity contribution in [2.45, 2.75) is 6.92 Å². The van der Waals surface area contributed by atoms with Gasteiger partial charge in [0.2, 0.25) is 0 Å². The molecular formula is C9H6BrFS. The van der Waals surface area contributed by atoms with Crippen LogP contribution in [-0.2, 0) is 0 Å². The molecule has 0 nitrogen and oxygen atoms in total. The van der Waals surface area contributed by atoms with E-state index in [4.69, 9.17) is 0 Å². The second-order valence-corrected chi connectivity index (χ2v) is 4.66. The Bertz CT molecular complexity index is 433. The van der Waals surface area contributed by atoms with E-state index in [1.807, 2.05) is 13.0 Å². The van der Waals surface area contributed by atoms with Gasteiger partial charge in [-0.1, -0.05) is 0 Å². The molecule has 0 radical (unpaired) electrons. The minimum atomic E-state index is -0.180. The molecule has 62 valence electrons. The van der Waals surface area contributed by atoms with Crippen LogP contribution in [0.5, 0.6) is 0 Å². The van der Waals surface area contributed by atoms with E-state index < -0.39 is 0 Å². The third kappa shape index (κ3) is 1.17. The summed E-state index contributed by atoms with van der Waals surface area (Å²) in [5, 5.41) is 0.970. The maximum atomic E-state index is 12.8. The van der Waals surface area contributed by atoms with Gasteiger partial charge in [-0.15, -0.1) is 11.3 Å². The first-order chi connectivity index (χ1) is 5.68. The maximum Gasteiger partial charge on any atom is 0.123 e. The van der Waals surface area contributed by atoms with E-state index in [2.05, 4.69) is 15.9 Å². The highest BCUT2D eigenvalue weighted by atomic mass is 79.9. The fourth-order valence-electron chi connectivity index (χ4n) is 1.16. The van der Waals surface area contributed by atoms with Gasteiger partial charge in [0.25, 0.3) is 0 Å². The fourth-order valence-corrected chi connectivity index (χ4v) is 2.80. The average molecular weight is 245 g/mol. The molecule has 0 aliphatic carbocycles. The predicted molar refractivity (Wildman–Crippen MR) is 54.2 cm³/mol. The van der Waals surface area contributed by atoms with Crippen molar-refractivity contribution < 1.29 is 4.39 Å². The highest BCUT2D eigenvalue weighted by Gasteiger charge is 2.06. The summed E-state index contributed by atoms with van der Waals surface area (Å²) in [5.41, 5.74) is 0. The van der Waals surface area contributed by atoms with Crippen molar-refractivity contribution in [3.05, 3.63) is 33.4 Å². The number of benzene rings is 1. The van der Waals surface area contributed by atoms with E-state index in [-0.39, 0.29) is 5.82 Å². The monoisotopic (exact) mass is 244 g/mol. The van der Waals surface area contributed by atoms with Crippen molar-refractivity contribution in [3.63, 3.8) is 0 Å². The fraction of sp³-hybridized carbons (Fsp3) is 0.111. The summed E-state index contributed by atoms with van der Waals surface area (Å²) in [7, 11) is 0. The van der Waals surface area contributed by atoms with Crippen LogP contribution in [0.3, 0.4) is 0 Å². The van der Waals surface area contributed by atoms with Crippen molar-refractivity contribution in [2.75, 3.05) is 0 Å². The molecule has 12 heavy (non-hydrogen) atoms. The van der Waals surface area contributed by atoms with E-state index in [9.17, 15) is 4.39 Å². The van der Waals surface area contributed by atoms with Crippen LogP contribution in [0.15, 0.2) is 22.7 Å². The Labute approximate surface area is 82.2 Å². The van der Waals surface area contributed by atoms with Crippen LogP contribution in [0.1, 0.15) is 4.88 Å². The van der Waals surface area contributed by atoms with Crippen LogP contribution in [0.25, 0.3) is 10.1 Å². The van der Waals surface area contributed by atoms with Crippen LogP contribution in [0.2, 0.25) is 0 Å². The first-order valence-corrected chi connectivity index (χ1v) is 5.13.